The molecule has 1 fully saturated rings. The number of hydrogen-bond acceptors (Lipinski definition) is 2. The summed E-state index contributed by atoms with van der Waals surface area (Å²) in [5.74, 6) is 1.29. The number of halogens is 3. The first-order chi connectivity index (χ1) is 16.8. The molecule has 1 N–H and O–H groups in total. The van der Waals surface area contributed by atoms with Crippen molar-refractivity contribution < 1.29 is 17.4 Å². The van der Waals surface area contributed by atoms with Crippen molar-refractivity contribution in [2.24, 2.45) is 0 Å². The summed E-state index contributed by atoms with van der Waals surface area (Å²) in [6.45, 7) is 8.85. The molecule has 7 heteroatoms. The molecular formula is C28H33F3N2OS. The van der Waals surface area contributed by atoms with Crippen molar-refractivity contribution in [1.82, 2.24) is 4.57 Å². The molecule has 0 aliphatic carbocycles. The van der Waals surface area contributed by atoms with Crippen molar-refractivity contribution in [1.29, 1.82) is 0 Å². The van der Waals surface area contributed by atoms with Gasteiger partial charge in [-0.1, -0.05) is 62.9 Å². The third-order valence-corrected chi connectivity index (χ3v) is 7.33. The number of nitrogens with one attached hydrogen (secondary N) is 1. The van der Waals surface area contributed by atoms with Gasteiger partial charge in [0, 0.05) is 45.0 Å². The van der Waals surface area contributed by atoms with E-state index in [0.29, 0.717) is 28.3 Å². The average Bonchev–Trinajstić information content (AvgIpc) is 3.18. The largest absolute Gasteiger partial charge is 0.406 e. The maximum atomic E-state index is 13.7. The van der Waals surface area contributed by atoms with Crippen molar-refractivity contribution in [3.63, 3.8) is 0 Å². The van der Waals surface area contributed by atoms with Gasteiger partial charge in [0.05, 0.1) is 11.2 Å². The van der Waals surface area contributed by atoms with Crippen LogP contribution in [0, 0.1) is 0 Å². The SMILES string of the molecule is C=c1cccc/c1=C(/C=C\C)c1cc2c(NC3CCS(=O)CC3)cccc2n1CC(F)(F)F.CC. The number of aromatic nitrogens is 1. The Hall–Kier alpha value is -2.80. The molecule has 2 aromatic carbocycles. The van der Waals surface area contributed by atoms with E-state index in [2.05, 4.69) is 11.9 Å². The van der Waals surface area contributed by atoms with Gasteiger partial charge in [-0.25, -0.2) is 0 Å². The van der Waals surface area contributed by atoms with Crippen LogP contribution in [-0.4, -0.2) is 32.5 Å². The Kier molecular flexibility index (Phi) is 9.00. The maximum Gasteiger partial charge on any atom is 0.406 e. The second kappa shape index (κ2) is 11.8. The van der Waals surface area contributed by atoms with Gasteiger partial charge in [-0.2, -0.15) is 13.2 Å². The minimum atomic E-state index is -4.37. The number of fused-ring (bicyclic) bond motifs is 1. The highest BCUT2D eigenvalue weighted by molar-refractivity contribution is 7.85. The minimum absolute atomic E-state index is 0.155. The van der Waals surface area contributed by atoms with E-state index in [1.807, 2.05) is 69.3 Å². The summed E-state index contributed by atoms with van der Waals surface area (Å²) in [5.41, 5.74) is 2.52. The van der Waals surface area contributed by atoms with Crippen molar-refractivity contribution in [3.05, 3.63) is 76.8 Å². The lowest BCUT2D eigenvalue weighted by molar-refractivity contribution is -0.140. The third-order valence-electron chi connectivity index (χ3n) is 5.95. The van der Waals surface area contributed by atoms with E-state index < -0.39 is 23.5 Å². The molecule has 1 saturated heterocycles. The molecule has 1 aromatic heterocycles. The van der Waals surface area contributed by atoms with Crippen LogP contribution in [0.5, 0.6) is 0 Å². The molecule has 3 aromatic rings. The second-order valence-corrected chi connectivity index (χ2v) is 10.0. The molecule has 3 nitrogen and oxygen atoms in total. The van der Waals surface area contributed by atoms with Gasteiger partial charge in [-0.05, 0) is 48.4 Å². The Labute approximate surface area is 207 Å². The molecule has 35 heavy (non-hydrogen) atoms. The molecule has 0 spiro atoms. The Morgan fingerprint density at radius 3 is 2.46 bits per heavy atom. The zero-order valence-corrected chi connectivity index (χ0v) is 21.3. The fraction of sp³-hybridized carbons (Fsp3) is 0.357. The molecule has 0 unspecified atom stereocenters. The first kappa shape index (κ1) is 26.8. The van der Waals surface area contributed by atoms with E-state index in [0.717, 1.165) is 34.4 Å². The summed E-state index contributed by atoms with van der Waals surface area (Å²) in [6.07, 6.45) is 0.865. The lowest BCUT2D eigenvalue weighted by atomic mass is 10.1. The van der Waals surface area contributed by atoms with Gasteiger partial charge in [-0.3, -0.25) is 4.21 Å². The second-order valence-electron chi connectivity index (χ2n) is 8.31. The molecule has 0 amide bonds. The van der Waals surface area contributed by atoms with Gasteiger partial charge < -0.3 is 9.88 Å². The van der Waals surface area contributed by atoms with Crippen LogP contribution in [0.15, 0.2) is 60.7 Å². The highest BCUT2D eigenvalue weighted by Crippen LogP contribution is 2.33. The summed E-state index contributed by atoms with van der Waals surface area (Å²) in [7, 11) is -0.775. The fourth-order valence-corrected chi connectivity index (χ4v) is 5.70. The lowest BCUT2D eigenvalue weighted by Gasteiger charge is -2.24. The molecule has 1 aliphatic rings. The normalized spacial score (nSPS) is 19.4. The van der Waals surface area contributed by atoms with Crippen LogP contribution < -0.4 is 15.8 Å². The topological polar surface area (TPSA) is 34.0 Å². The smallest absolute Gasteiger partial charge is 0.382 e. The van der Waals surface area contributed by atoms with Gasteiger partial charge in [0.15, 0.2) is 0 Å². The van der Waals surface area contributed by atoms with Crippen molar-refractivity contribution in [2.75, 3.05) is 16.8 Å². The zero-order chi connectivity index (χ0) is 25.6. The summed E-state index contributed by atoms with van der Waals surface area (Å²) < 4.78 is 54.0. The fourth-order valence-electron chi connectivity index (χ4n) is 4.40. The maximum absolute atomic E-state index is 13.7. The number of allylic oxidation sites excluding steroid dienone is 2. The predicted octanol–water partition coefficient (Wildman–Crippen LogP) is 5.74. The molecule has 0 bridgehead atoms. The van der Waals surface area contributed by atoms with E-state index >= 15 is 0 Å². The zero-order valence-electron chi connectivity index (χ0n) is 20.5. The molecule has 2 heterocycles. The van der Waals surface area contributed by atoms with Crippen molar-refractivity contribution >= 4 is 39.5 Å². The van der Waals surface area contributed by atoms with Crippen molar-refractivity contribution in [2.45, 2.75) is 52.4 Å². The van der Waals surface area contributed by atoms with E-state index in [9.17, 15) is 17.4 Å². The molecule has 0 saturated carbocycles. The van der Waals surface area contributed by atoms with Crippen molar-refractivity contribution in [3.8, 4) is 0 Å². The van der Waals surface area contributed by atoms with Gasteiger partial charge in [-0.15, -0.1) is 0 Å². The number of anilines is 1. The van der Waals surface area contributed by atoms with Gasteiger partial charge in [0.1, 0.15) is 6.54 Å². The average molecular weight is 503 g/mol. The van der Waals surface area contributed by atoms with Crippen LogP contribution in [0.2, 0.25) is 0 Å². The van der Waals surface area contributed by atoms with Crippen LogP contribution in [-0.2, 0) is 17.3 Å². The molecule has 0 atom stereocenters. The Morgan fingerprint density at radius 1 is 1.14 bits per heavy atom. The number of hydrogen-bond donors (Lipinski definition) is 1. The number of benzene rings is 2. The number of alkyl halides is 3. The first-order valence-corrected chi connectivity index (χ1v) is 13.5. The van der Waals surface area contributed by atoms with E-state index in [4.69, 9.17) is 0 Å². The number of nitrogens with zero attached hydrogens (tertiary/aromatic N) is 1. The lowest BCUT2D eigenvalue weighted by Crippen LogP contribution is -2.29. The minimum Gasteiger partial charge on any atom is -0.382 e. The van der Waals surface area contributed by atoms with E-state index in [1.165, 1.54) is 4.57 Å². The quantitative estimate of drug-likeness (QED) is 0.483. The van der Waals surface area contributed by atoms with Crippen LogP contribution in [0.3, 0.4) is 0 Å². The summed E-state index contributed by atoms with van der Waals surface area (Å²) in [5, 5.41) is 5.79. The predicted molar refractivity (Wildman–Crippen MR) is 142 cm³/mol. The van der Waals surface area contributed by atoms with Gasteiger partial charge in [0.25, 0.3) is 0 Å². The summed E-state index contributed by atoms with van der Waals surface area (Å²) >= 11 is 0. The molecule has 0 radical (unpaired) electrons. The van der Waals surface area contributed by atoms with Crippen LogP contribution in [0.25, 0.3) is 23.1 Å². The first-order valence-electron chi connectivity index (χ1n) is 12.0. The standard InChI is InChI=1S/C26H27F3N2OS.C2H6/c1-3-7-21(20-9-5-4-8-18(20)2)25-16-22-23(30-19-12-14-33(32)15-13-19)10-6-11-24(22)31(25)17-26(27,28)29;1-2/h3-11,16,19,30H,2,12-15,17H2,1H3;1-2H3/b7-3-,21-20+;. The Balaban J connectivity index is 0.00000167. The highest BCUT2D eigenvalue weighted by Gasteiger charge is 2.30. The Morgan fingerprint density at radius 2 is 1.83 bits per heavy atom. The molecule has 1 aliphatic heterocycles. The monoisotopic (exact) mass is 502 g/mol. The summed E-state index contributed by atoms with van der Waals surface area (Å²) in [6, 6.07) is 14.9. The molecule has 188 valence electrons. The van der Waals surface area contributed by atoms with Crippen LogP contribution in [0.1, 0.15) is 39.3 Å². The summed E-state index contributed by atoms with van der Waals surface area (Å²) in [4.78, 5) is 0. The van der Waals surface area contributed by atoms with Gasteiger partial charge >= 0.3 is 6.18 Å². The molecule has 4 rings (SSSR count). The van der Waals surface area contributed by atoms with E-state index in [-0.39, 0.29) is 6.04 Å². The van der Waals surface area contributed by atoms with Crippen LogP contribution >= 0.6 is 0 Å². The molecular weight excluding hydrogens is 469 g/mol. The highest BCUT2D eigenvalue weighted by atomic mass is 32.2. The number of rotatable bonds is 5. The third kappa shape index (κ3) is 6.45. The van der Waals surface area contributed by atoms with Crippen LogP contribution in [0.4, 0.5) is 18.9 Å². The van der Waals surface area contributed by atoms with Gasteiger partial charge in [0.2, 0.25) is 0 Å². The van der Waals surface area contributed by atoms with E-state index in [1.54, 1.807) is 12.1 Å². The Bertz CT molecular complexity index is 1310.